The topological polar surface area (TPSA) is 58.6 Å². The zero-order valence-corrected chi connectivity index (χ0v) is 14.3. The molecule has 0 spiro atoms. The standard InChI is InChI=1S/C15H23ClN4O2/c1-15(2,3)22-14(21)20-6-5-11(10-20)9-19(4)13-17-7-12(16)8-18-13/h7-8,11H,5-6,9-10H2,1-4H3/t11-/m0/s1. The molecule has 122 valence electrons. The van der Waals surface area contributed by atoms with Crippen LogP contribution in [-0.4, -0.2) is 53.2 Å². The third-order valence-corrected chi connectivity index (χ3v) is 3.61. The molecular weight excluding hydrogens is 304 g/mol. The first kappa shape index (κ1) is 16.8. The molecule has 7 heteroatoms. The number of hydrogen-bond donors (Lipinski definition) is 0. The second-order valence-electron chi connectivity index (χ2n) is 6.66. The Bertz CT molecular complexity index is 515. The highest BCUT2D eigenvalue weighted by Gasteiger charge is 2.30. The average Bonchev–Trinajstić information content (AvgIpc) is 2.86. The average molecular weight is 327 g/mol. The zero-order chi connectivity index (χ0) is 16.3. The van der Waals surface area contributed by atoms with Gasteiger partial charge in [-0.25, -0.2) is 14.8 Å². The summed E-state index contributed by atoms with van der Waals surface area (Å²) in [7, 11) is 1.94. The summed E-state index contributed by atoms with van der Waals surface area (Å²) in [6, 6.07) is 0. The summed E-state index contributed by atoms with van der Waals surface area (Å²) in [4.78, 5) is 24.2. The molecule has 22 heavy (non-hydrogen) atoms. The summed E-state index contributed by atoms with van der Waals surface area (Å²) < 4.78 is 5.41. The predicted molar refractivity (Wildman–Crippen MR) is 86.2 cm³/mol. The van der Waals surface area contributed by atoms with Crippen LogP contribution in [0.25, 0.3) is 0 Å². The summed E-state index contributed by atoms with van der Waals surface area (Å²) in [6.45, 7) is 7.86. The second-order valence-corrected chi connectivity index (χ2v) is 7.10. The molecule has 0 unspecified atom stereocenters. The molecule has 0 aliphatic carbocycles. The predicted octanol–water partition coefficient (Wildman–Crippen LogP) is 2.82. The molecule has 1 aliphatic heterocycles. The lowest BCUT2D eigenvalue weighted by Gasteiger charge is -2.25. The van der Waals surface area contributed by atoms with E-state index in [1.807, 2.05) is 32.7 Å². The third kappa shape index (κ3) is 4.73. The molecule has 1 aliphatic rings. The number of anilines is 1. The highest BCUT2D eigenvalue weighted by molar-refractivity contribution is 6.30. The van der Waals surface area contributed by atoms with Crippen LogP contribution in [0.15, 0.2) is 12.4 Å². The van der Waals surface area contributed by atoms with Crippen LogP contribution in [-0.2, 0) is 4.74 Å². The largest absolute Gasteiger partial charge is 0.444 e. The summed E-state index contributed by atoms with van der Waals surface area (Å²) >= 11 is 5.79. The Morgan fingerprint density at radius 3 is 2.68 bits per heavy atom. The molecule has 1 amide bonds. The van der Waals surface area contributed by atoms with Gasteiger partial charge < -0.3 is 14.5 Å². The molecule has 1 aromatic rings. The van der Waals surface area contributed by atoms with Crippen molar-refractivity contribution in [2.45, 2.75) is 32.8 Å². The first-order valence-electron chi connectivity index (χ1n) is 7.41. The quantitative estimate of drug-likeness (QED) is 0.854. The minimum Gasteiger partial charge on any atom is -0.444 e. The molecule has 0 aromatic carbocycles. The van der Waals surface area contributed by atoms with E-state index in [0.717, 1.165) is 19.5 Å². The second kappa shape index (κ2) is 6.69. The van der Waals surface area contributed by atoms with Crippen LogP contribution in [0.1, 0.15) is 27.2 Å². The Hall–Kier alpha value is -1.56. The van der Waals surface area contributed by atoms with E-state index in [4.69, 9.17) is 16.3 Å². The number of halogens is 1. The van der Waals surface area contributed by atoms with Gasteiger partial charge in [0.05, 0.1) is 17.4 Å². The van der Waals surface area contributed by atoms with Crippen molar-refractivity contribution in [1.82, 2.24) is 14.9 Å². The fraction of sp³-hybridized carbons (Fsp3) is 0.667. The maximum Gasteiger partial charge on any atom is 0.410 e. The Morgan fingerprint density at radius 2 is 2.09 bits per heavy atom. The van der Waals surface area contributed by atoms with Crippen LogP contribution >= 0.6 is 11.6 Å². The van der Waals surface area contributed by atoms with E-state index in [1.165, 1.54) is 0 Å². The van der Waals surface area contributed by atoms with Crippen molar-refractivity contribution in [3.63, 3.8) is 0 Å². The van der Waals surface area contributed by atoms with Crippen LogP contribution in [0.3, 0.4) is 0 Å². The number of nitrogens with zero attached hydrogens (tertiary/aromatic N) is 4. The fourth-order valence-corrected chi connectivity index (χ4v) is 2.54. The highest BCUT2D eigenvalue weighted by atomic mass is 35.5. The Morgan fingerprint density at radius 1 is 1.45 bits per heavy atom. The van der Waals surface area contributed by atoms with E-state index < -0.39 is 5.60 Å². The number of hydrogen-bond acceptors (Lipinski definition) is 5. The van der Waals surface area contributed by atoms with Gasteiger partial charge in [-0.05, 0) is 33.1 Å². The van der Waals surface area contributed by atoms with Crippen LogP contribution in [0.2, 0.25) is 5.02 Å². The van der Waals surface area contributed by atoms with Crippen molar-refractivity contribution in [3.8, 4) is 0 Å². The van der Waals surface area contributed by atoms with Crippen molar-refractivity contribution in [2.24, 2.45) is 5.92 Å². The molecule has 0 radical (unpaired) electrons. The van der Waals surface area contributed by atoms with Crippen LogP contribution < -0.4 is 4.90 Å². The molecule has 1 saturated heterocycles. The third-order valence-electron chi connectivity index (χ3n) is 3.42. The number of aromatic nitrogens is 2. The molecular formula is C15H23ClN4O2. The molecule has 1 fully saturated rings. The van der Waals surface area contributed by atoms with Crippen molar-refractivity contribution >= 4 is 23.6 Å². The Kier molecular flexibility index (Phi) is 5.11. The maximum atomic E-state index is 12.1. The summed E-state index contributed by atoms with van der Waals surface area (Å²) in [5.74, 6) is 1.02. The lowest BCUT2D eigenvalue weighted by atomic mass is 10.1. The Labute approximate surface area is 136 Å². The highest BCUT2D eigenvalue weighted by Crippen LogP contribution is 2.21. The van der Waals surface area contributed by atoms with Gasteiger partial charge in [-0.3, -0.25) is 0 Å². The molecule has 0 N–H and O–H groups in total. The Balaban J connectivity index is 1.85. The lowest BCUT2D eigenvalue weighted by molar-refractivity contribution is 0.0288. The van der Waals surface area contributed by atoms with Gasteiger partial charge in [-0.15, -0.1) is 0 Å². The smallest absolute Gasteiger partial charge is 0.410 e. The molecule has 0 bridgehead atoms. The van der Waals surface area contributed by atoms with E-state index in [1.54, 1.807) is 17.3 Å². The van der Waals surface area contributed by atoms with Gasteiger partial charge in [0, 0.05) is 26.7 Å². The first-order chi connectivity index (χ1) is 10.2. The van der Waals surface area contributed by atoms with E-state index in [9.17, 15) is 4.79 Å². The minimum atomic E-state index is -0.455. The van der Waals surface area contributed by atoms with E-state index in [2.05, 4.69) is 9.97 Å². The van der Waals surface area contributed by atoms with Crippen molar-refractivity contribution in [2.75, 3.05) is 31.6 Å². The van der Waals surface area contributed by atoms with Crippen molar-refractivity contribution in [3.05, 3.63) is 17.4 Å². The van der Waals surface area contributed by atoms with Gasteiger partial charge in [0.1, 0.15) is 5.60 Å². The van der Waals surface area contributed by atoms with Gasteiger partial charge in [0.2, 0.25) is 5.95 Å². The normalized spacial score (nSPS) is 18.4. The first-order valence-corrected chi connectivity index (χ1v) is 7.79. The van der Waals surface area contributed by atoms with Gasteiger partial charge in [-0.1, -0.05) is 11.6 Å². The summed E-state index contributed by atoms with van der Waals surface area (Å²) in [5.41, 5.74) is -0.455. The van der Waals surface area contributed by atoms with E-state index in [0.29, 0.717) is 23.4 Å². The van der Waals surface area contributed by atoms with Gasteiger partial charge in [0.25, 0.3) is 0 Å². The molecule has 1 aromatic heterocycles. The number of likely N-dealkylation sites (tertiary alicyclic amines) is 1. The van der Waals surface area contributed by atoms with Gasteiger partial charge in [-0.2, -0.15) is 0 Å². The molecule has 0 saturated carbocycles. The lowest BCUT2D eigenvalue weighted by Crippen LogP contribution is -2.36. The van der Waals surface area contributed by atoms with Crippen LogP contribution in [0.5, 0.6) is 0 Å². The van der Waals surface area contributed by atoms with Gasteiger partial charge >= 0.3 is 6.09 Å². The van der Waals surface area contributed by atoms with Crippen molar-refractivity contribution in [1.29, 1.82) is 0 Å². The maximum absolute atomic E-state index is 12.1. The van der Waals surface area contributed by atoms with Crippen LogP contribution in [0, 0.1) is 5.92 Å². The fourth-order valence-electron chi connectivity index (χ4n) is 2.45. The number of ether oxygens (including phenoxy) is 1. The minimum absolute atomic E-state index is 0.236. The molecule has 2 rings (SSSR count). The van der Waals surface area contributed by atoms with Gasteiger partial charge in [0.15, 0.2) is 0 Å². The number of amides is 1. The monoisotopic (exact) mass is 326 g/mol. The number of carbonyl (C=O) groups is 1. The molecule has 2 heterocycles. The van der Waals surface area contributed by atoms with Crippen molar-refractivity contribution < 1.29 is 9.53 Å². The van der Waals surface area contributed by atoms with E-state index in [-0.39, 0.29) is 6.09 Å². The zero-order valence-electron chi connectivity index (χ0n) is 13.5. The summed E-state index contributed by atoms with van der Waals surface area (Å²) in [5, 5.41) is 0.522. The number of carbonyl (C=O) groups excluding carboxylic acids is 1. The molecule has 1 atom stereocenters. The summed E-state index contributed by atoms with van der Waals surface area (Å²) in [6.07, 6.45) is 3.89. The van der Waals surface area contributed by atoms with Crippen LogP contribution in [0.4, 0.5) is 10.7 Å². The number of rotatable bonds is 3. The van der Waals surface area contributed by atoms with E-state index >= 15 is 0 Å². The SMILES string of the molecule is CN(C[C@@H]1CCN(C(=O)OC(C)(C)C)C1)c1ncc(Cl)cn1. The molecule has 6 nitrogen and oxygen atoms in total.